The molecule has 0 aromatic heterocycles. The van der Waals surface area contributed by atoms with Gasteiger partial charge in [-0.2, -0.15) is 0 Å². The molecule has 0 fully saturated rings. The molecular weight excluding hydrogens is 576 g/mol. The van der Waals surface area contributed by atoms with E-state index in [0.29, 0.717) is 32.1 Å². The second-order valence-corrected chi connectivity index (χ2v) is 23.5. The minimum atomic E-state index is -2.81. The van der Waals surface area contributed by atoms with E-state index in [4.69, 9.17) is 0 Å². The number of unbranched alkanes of at least 4 members (excludes halogenated alkanes) is 2. The Morgan fingerprint density at radius 2 is 0.933 bits per heavy atom. The third-order valence-electron chi connectivity index (χ3n) is 12.2. The van der Waals surface area contributed by atoms with Gasteiger partial charge in [0.25, 0.3) is 0 Å². The molecule has 0 spiro atoms. The molecule has 0 saturated carbocycles. The molecule has 3 aliphatic rings. The van der Waals surface area contributed by atoms with E-state index in [9.17, 15) is 0 Å². The molecule has 2 unspecified atom stereocenters. The van der Waals surface area contributed by atoms with Crippen molar-refractivity contribution in [2.24, 2.45) is 0 Å². The molecule has 4 bridgehead atoms. The van der Waals surface area contributed by atoms with Crippen molar-refractivity contribution in [3.8, 4) is 0 Å². The van der Waals surface area contributed by atoms with Crippen molar-refractivity contribution in [2.45, 2.75) is 176 Å². The van der Waals surface area contributed by atoms with Crippen molar-refractivity contribution in [1.82, 2.24) is 0 Å². The number of benzene rings is 2. The number of rotatable bonds is 12. The zero-order valence-corrected chi connectivity index (χ0v) is 32.9. The molecule has 0 N–H and O–H groups in total. The number of allylic oxidation sites excluding steroid dienone is 4. The maximum atomic E-state index is 2.77. The van der Waals surface area contributed by atoms with Crippen molar-refractivity contribution in [2.75, 3.05) is 0 Å². The van der Waals surface area contributed by atoms with Crippen LogP contribution in [0.3, 0.4) is 0 Å². The van der Waals surface area contributed by atoms with Crippen molar-refractivity contribution in [1.29, 1.82) is 0 Å². The van der Waals surface area contributed by atoms with Gasteiger partial charge in [-0.3, -0.25) is 0 Å². The van der Waals surface area contributed by atoms with Gasteiger partial charge in [0.15, 0.2) is 0 Å². The summed E-state index contributed by atoms with van der Waals surface area (Å²) < 4.78 is 4.45. The molecule has 0 amide bonds. The average Bonchev–Trinajstić information content (AvgIpc) is 3.52. The maximum absolute atomic E-state index is 2.81. The Morgan fingerprint density at radius 3 is 1.22 bits per heavy atom. The molecule has 0 nitrogen and oxygen atoms in total. The van der Waals surface area contributed by atoms with E-state index >= 15 is 0 Å². The molecule has 2 aliphatic carbocycles. The summed E-state index contributed by atoms with van der Waals surface area (Å²) in [4.78, 5) is 0. The Hall–Kier alpha value is -1.37. The molecule has 1 aliphatic heterocycles. The van der Waals surface area contributed by atoms with Crippen LogP contribution in [0.25, 0.3) is 11.1 Å². The molecule has 5 rings (SSSR count). The van der Waals surface area contributed by atoms with Crippen LogP contribution in [-0.2, 0) is 16.6 Å². The van der Waals surface area contributed by atoms with E-state index in [2.05, 4.69) is 107 Å². The van der Waals surface area contributed by atoms with Crippen LogP contribution in [0.5, 0.6) is 0 Å². The summed E-state index contributed by atoms with van der Waals surface area (Å²) in [5.41, 5.74) is 20.9. The van der Waals surface area contributed by atoms with Gasteiger partial charge in [-0.05, 0) is 0 Å². The van der Waals surface area contributed by atoms with Gasteiger partial charge in [-0.25, -0.2) is 0 Å². The Bertz CT molecular complexity index is 1350. The molecular formula is C44H66Ti. The summed E-state index contributed by atoms with van der Waals surface area (Å²) in [5.74, 6) is 2.24. The van der Waals surface area contributed by atoms with Crippen LogP contribution in [0.15, 0.2) is 35.4 Å². The quantitative estimate of drug-likeness (QED) is 0.202. The molecule has 2 aromatic carbocycles. The summed E-state index contributed by atoms with van der Waals surface area (Å²) in [6.07, 6.45) is 10.4. The number of hydrogen-bond donors (Lipinski definition) is 0. The van der Waals surface area contributed by atoms with E-state index in [1.807, 2.05) is 11.1 Å². The summed E-state index contributed by atoms with van der Waals surface area (Å²) in [5, 5.41) is 0. The normalized spacial score (nSPS) is 20.4. The minimum absolute atomic E-state index is 0.556. The van der Waals surface area contributed by atoms with E-state index in [-0.39, 0.29) is 0 Å². The van der Waals surface area contributed by atoms with Gasteiger partial charge in [0.05, 0.1) is 0 Å². The summed E-state index contributed by atoms with van der Waals surface area (Å²) in [6.45, 7) is 29.5. The van der Waals surface area contributed by atoms with Gasteiger partial charge < -0.3 is 0 Å². The Labute approximate surface area is 282 Å². The first-order chi connectivity index (χ1) is 21.5. The summed E-state index contributed by atoms with van der Waals surface area (Å²) >= 11 is -2.81. The third-order valence-corrected chi connectivity index (χ3v) is 21.9. The van der Waals surface area contributed by atoms with Crippen LogP contribution in [0.4, 0.5) is 0 Å². The fourth-order valence-corrected chi connectivity index (χ4v) is 21.9. The van der Waals surface area contributed by atoms with Crippen LogP contribution < -0.4 is 0 Å². The van der Waals surface area contributed by atoms with Crippen LogP contribution in [0.1, 0.15) is 211 Å². The van der Waals surface area contributed by atoms with Crippen molar-refractivity contribution in [3.63, 3.8) is 0 Å². The second kappa shape index (κ2) is 14.0. The fraction of sp³-hybridized carbons (Fsp3) is 0.636. The Morgan fingerprint density at radius 1 is 0.556 bits per heavy atom. The van der Waals surface area contributed by atoms with E-state index < -0.39 is 16.6 Å². The summed E-state index contributed by atoms with van der Waals surface area (Å²) in [6, 6.07) is 10.8. The third kappa shape index (κ3) is 5.86. The zero-order chi connectivity index (χ0) is 32.8. The number of fused-ring (bicyclic) bond motifs is 8. The van der Waals surface area contributed by atoms with E-state index in [0.717, 1.165) is 0 Å². The Kier molecular flexibility index (Phi) is 10.9. The Balaban J connectivity index is 1.95. The molecule has 2 atom stereocenters. The van der Waals surface area contributed by atoms with Crippen molar-refractivity contribution < 1.29 is 16.6 Å². The summed E-state index contributed by atoms with van der Waals surface area (Å²) in [7, 11) is 0. The van der Waals surface area contributed by atoms with Gasteiger partial charge in [-0.1, -0.05) is 0 Å². The van der Waals surface area contributed by atoms with E-state index in [1.165, 1.54) is 60.8 Å². The van der Waals surface area contributed by atoms with Gasteiger partial charge in [0.2, 0.25) is 0 Å². The van der Waals surface area contributed by atoms with Crippen molar-refractivity contribution in [3.05, 3.63) is 79.9 Å². The first kappa shape index (κ1) is 35.0. The monoisotopic (exact) mass is 642 g/mol. The standard InChI is InChI=1S/C36H48.2C4H9.Ti/c1-11-25-15-29-17-27(21(3)4)19-33(23(7)8)35(29)31(25)13-14-32-26(12-2)16-30-18-28(22(5)6)20-34(24(9)10)36(30)32;2*1-3-4-2;/h15-24H,11-14H2,1-10H3;2*1,3-4H2,2H3;. The molecule has 0 saturated heterocycles. The van der Waals surface area contributed by atoms with Gasteiger partial charge in [-0.15, -0.1) is 0 Å². The van der Waals surface area contributed by atoms with Gasteiger partial charge in [0.1, 0.15) is 0 Å². The van der Waals surface area contributed by atoms with Gasteiger partial charge >= 0.3 is 284 Å². The van der Waals surface area contributed by atoms with E-state index in [1.54, 1.807) is 55.7 Å². The molecule has 1 heterocycles. The first-order valence-electron chi connectivity index (χ1n) is 19.3. The van der Waals surface area contributed by atoms with Crippen LogP contribution >= 0.6 is 0 Å². The predicted octanol–water partition coefficient (Wildman–Crippen LogP) is 14.7. The fourth-order valence-electron chi connectivity index (χ4n) is 10.0. The molecule has 2 aromatic rings. The topological polar surface area (TPSA) is 0 Å². The predicted molar refractivity (Wildman–Crippen MR) is 198 cm³/mol. The SMILES string of the molecule is CCC[CH2][Ti]1([CH2]CCC)[CH]2C(CC)=C(CCC3=C(CC)[CH]1c1cc(C(C)C)cc(C(C)C)c13)c1c(C(C)C)cc(C(C)C)cc12. The average molecular weight is 643 g/mol. The number of hydrogen-bond acceptors (Lipinski definition) is 0. The van der Waals surface area contributed by atoms with Crippen LogP contribution in [0, 0.1) is 0 Å². The van der Waals surface area contributed by atoms with Gasteiger partial charge in [0, 0.05) is 0 Å². The molecule has 246 valence electrons. The molecule has 45 heavy (non-hydrogen) atoms. The molecule has 0 radical (unpaired) electrons. The first-order valence-corrected chi connectivity index (χ1v) is 23.3. The zero-order valence-electron chi connectivity index (χ0n) is 31.3. The second-order valence-electron chi connectivity index (χ2n) is 16.3. The van der Waals surface area contributed by atoms with Crippen LogP contribution in [0.2, 0.25) is 9.45 Å². The molecule has 1 heteroatoms. The van der Waals surface area contributed by atoms with Crippen molar-refractivity contribution >= 4 is 11.1 Å². The van der Waals surface area contributed by atoms with Crippen LogP contribution in [-0.4, -0.2) is 0 Å².